The normalized spacial score (nSPS) is 10.7. The third kappa shape index (κ3) is 4.65. The second-order valence-corrected chi connectivity index (χ2v) is 6.97. The van der Waals surface area contributed by atoms with E-state index < -0.39 is 5.92 Å². The summed E-state index contributed by atoms with van der Waals surface area (Å²) in [7, 11) is 0. The molecule has 0 saturated carbocycles. The van der Waals surface area contributed by atoms with Gasteiger partial charge < -0.3 is 0 Å². The number of hydrogen-bond acceptors (Lipinski definition) is 2. The number of hydrogen-bond donors (Lipinski definition) is 2. The molecule has 0 aliphatic carbocycles. The Morgan fingerprint density at radius 2 is 1.14 bits per heavy atom. The molecule has 3 aromatic carbocycles. The molecule has 0 heterocycles. The zero-order valence-corrected chi connectivity index (χ0v) is 16.1. The van der Waals surface area contributed by atoms with Crippen molar-refractivity contribution in [2.75, 3.05) is 0 Å². The maximum Gasteiger partial charge on any atom is 0.269 e. The molecule has 2 N–H and O–H groups in total. The number of nitrogens with one attached hydrogen (secondary N) is 2. The van der Waals surface area contributed by atoms with Crippen molar-refractivity contribution in [3.05, 3.63) is 107 Å². The average Bonchev–Trinajstić information content (AvgIpc) is 2.74. The highest BCUT2D eigenvalue weighted by molar-refractivity contribution is 5.96. The minimum Gasteiger partial charge on any atom is -0.272 e. The Morgan fingerprint density at radius 3 is 1.61 bits per heavy atom. The van der Waals surface area contributed by atoms with Gasteiger partial charge in [0.25, 0.3) is 5.91 Å². The fourth-order valence-electron chi connectivity index (χ4n) is 3.07. The van der Waals surface area contributed by atoms with E-state index in [-0.39, 0.29) is 11.8 Å². The summed E-state index contributed by atoms with van der Waals surface area (Å²) < 4.78 is 0. The van der Waals surface area contributed by atoms with Crippen molar-refractivity contribution in [2.45, 2.75) is 25.7 Å². The zero-order chi connectivity index (χ0) is 19.9. The second kappa shape index (κ2) is 9.00. The third-order valence-corrected chi connectivity index (χ3v) is 4.67. The fourth-order valence-corrected chi connectivity index (χ4v) is 3.07. The zero-order valence-electron chi connectivity index (χ0n) is 16.1. The molecular formula is C24H24N2O2. The van der Waals surface area contributed by atoms with Crippen LogP contribution in [0.2, 0.25) is 0 Å². The molecule has 142 valence electrons. The molecule has 0 atom stereocenters. The van der Waals surface area contributed by atoms with E-state index in [0.29, 0.717) is 11.5 Å². The van der Waals surface area contributed by atoms with E-state index in [2.05, 4.69) is 24.7 Å². The van der Waals surface area contributed by atoms with Crippen molar-refractivity contribution < 1.29 is 9.59 Å². The Hall–Kier alpha value is -3.40. The minimum absolute atomic E-state index is 0.287. The summed E-state index contributed by atoms with van der Waals surface area (Å²) in [6, 6.07) is 26.4. The highest BCUT2D eigenvalue weighted by atomic mass is 16.2. The molecule has 0 fully saturated rings. The molecule has 0 aliphatic heterocycles. The predicted molar refractivity (Wildman–Crippen MR) is 111 cm³/mol. The van der Waals surface area contributed by atoms with Gasteiger partial charge in [0.1, 0.15) is 0 Å². The summed E-state index contributed by atoms with van der Waals surface area (Å²) >= 11 is 0. The van der Waals surface area contributed by atoms with Gasteiger partial charge in [0.05, 0.1) is 5.92 Å². The van der Waals surface area contributed by atoms with Crippen LogP contribution in [0.4, 0.5) is 0 Å². The van der Waals surface area contributed by atoms with E-state index in [0.717, 1.165) is 16.7 Å². The molecule has 0 bridgehead atoms. The van der Waals surface area contributed by atoms with Crippen LogP contribution in [0, 0.1) is 0 Å². The lowest BCUT2D eigenvalue weighted by atomic mass is 9.91. The highest BCUT2D eigenvalue weighted by Gasteiger charge is 2.23. The van der Waals surface area contributed by atoms with Gasteiger partial charge in [-0.05, 0) is 34.7 Å². The summed E-state index contributed by atoms with van der Waals surface area (Å²) in [6.45, 7) is 4.20. The maximum absolute atomic E-state index is 12.9. The summed E-state index contributed by atoms with van der Waals surface area (Å²) in [4.78, 5) is 25.3. The lowest BCUT2D eigenvalue weighted by molar-refractivity contribution is -0.122. The van der Waals surface area contributed by atoms with Crippen LogP contribution < -0.4 is 10.9 Å². The lowest BCUT2D eigenvalue weighted by Gasteiger charge is -2.18. The van der Waals surface area contributed by atoms with Crippen molar-refractivity contribution in [1.82, 2.24) is 10.9 Å². The van der Waals surface area contributed by atoms with Crippen LogP contribution in [0.3, 0.4) is 0 Å². The van der Waals surface area contributed by atoms with Gasteiger partial charge in [0.2, 0.25) is 5.91 Å². The topological polar surface area (TPSA) is 58.2 Å². The third-order valence-electron chi connectivity index (χ3n) is 4.67. The molecule has 0 unspecified atom stereocenters. The van der Waals surface area contributed by atoms with Crippen molar-refractivity contribution >= 4 is 11.8 Å². The molecule has 3 aromatic rings. The summed E-state index contributed by atoms with van der Waals surface area (Å²) in [6.07, 6.45) is 0. The van der Waals surface area contributed by atoms with Gasteiger partial charge >= 0.3 is 0 Å². The maximum atomic E-state index is 12.9. The van der Waals surface area contributed by atoms with Crippen molar-refractivity contribution in [3.63, 3.8) is 0 Å². The predicted octanol–water partition coefficient (Wildman–Crippen LogP) is 4.40. The number of carbonyl (C=O) groups is 2. The van der Waals surface area contributed by atoms with E-state index in [1.54, 1.807) is 12.1 Å². The van der Waals surface area contributed by atoms with Gasteiger partial charge in [-0.2, -0.15) is 0 Å². The Labute approximate surface area is 165 Å². The van der Waals surface area contributed by atoms with Gasteiger partial charge in [0.15, 0.2) is 0 Å². The number of hydrazine groups is 1. The van der Waals surface area contributed by atoms with Gasteiger partial charge in [-0.3, -0.25) is 20.4 Å². The van der Waals surface area contributed by atoms with Crippen LogP contribution >= 0.6 is 0 Å². The molecular weight excluding hydrogens is 348 g/mol. The SMILES string of the molecule is CC(C)c1ccc(C(=O)NNC(=O)C(c2ccccc2)c2ccccc2)cc1. The van der Waals surface area contributed by atoms with E-state index in [1.165, 1.54) is 0 Å². The van der Waals surface area contributed by atoms with Crippen LogP contribution in [0.25, 0.3) is 0 Å². The minimum atomic E-state index is -0.508. The molecule has 4 nitrogen and oxygen atoms in total. The first kappa shape index (κ1) is 19.4. The van der Waals surface area contributed by atoms with Crippen LogP contribution in [-0.2, 0) is 4.79 Å². The Kier molecular flexibility index (Phi) is 6.22. The number of carbonyl (C=O) groups excluding carboxylic acids is 2. The summed E-state index contributed by atoms with van der Waals surface area (Å²) in [5.74, 6) is -0.742. The molecule has 0 saturated heterocycles. The second-order valence-electron chi connectivity index (χ2n) is 6.97. The first-order chi connectivity index (χ1) is 13.6. The van der Waals surface area contributed by atoms with E-state index in [4.69, 9.17) is 0 Å². The summed E-state index contributed by atoms with van der Waals surface area (Å²) in [5.41, 5.74) is 8.49. The van der Waals surface area contributed by atoms with E-state index in [1.807, 2.05) is 72.8 Å². The Balaban J connectivity index is 1.73. The largest absolute Gasteiger partial charge is 0.272 e. The first-order valence-corrected chi connectivity index (χ1v) is 9.36. The molecule has 0 radical (unpaired) electrons. The van der Waals surface area contributed by atoms with Crippen LogP contribution in [0.5, 0.6) is 0 Å². The highest BCUT2D eigenvalue weighted by Crippen LogP contribution is 2.24. The molecule has 28 heavy (non-hydrogen) atoms. The first-order valence-electron chi connectivity index (χ1n) is 9.36. The van der Waals surface area contributed by atoms with Crippen molar-refractivity contribution in [2.24, 2.45) is 0 Å². The molecule has 3 rings (SSSR count). The van der Waals surface area contributed by atoms with Crippen LogP contribution in [0.15, 0.2) is 84.9 Å². The van der Waals surface area contributed by atoms with E-state index >= 15 is 0 Å². The average molecular weight is 372 g/mol. The van der Waals surface area contributed by atoms with Gasteiger partial charge in [-0.25, -0.2) is 0 Å². The van der Waals surface area contributed by atoms with Gasteiger partial charge in [-0.1, -0.05) is 86.6 Å². The number of amides is 2. The number of rotatable bonds is 5. The van der Waals surface area contributed by atoms with Crippen molar-refractivity contribution in [1.29, 1.82) is 0 Å². The summed E-state index contributed by atoms with van der Waals surface area (Å²) in [5, 5.41) is 0. The Morgan fingerprint density at radius 1 is 0.643 bits per heavy atom. The molecule has 4 heteroatoms. The Bertz CT molecular complexity index is 880. The van der Waals surface area contributed by atoms with Gasteiger partial charge in [0, 0.05) is 5.56 Å². The fraction of sp³-hybridized carbons (Fsp3) is 0.167. The van der Waals surface area contributed by atoms with Crippen molar-refractivity contribution in [3.8, 4) is 0 Å². The molecule has 2 amide bonds. The van der Waals surface area contributed by atoms with Crippen LogP contribution in [-0.4, -0.2) is 11.8 Å². The van der Waals surface area contributed by atoms with Gasteiger partial charge in [-0.15, -0.1) is 0 Å². The molecule has 0 spiro atoms. The standard InChI is InChI=1S/C24H24N2O2/c1-17(2)18-13-15-21(16-14-18)23(27)25-26-24(28)22(19-9-5-3-6-10-19)20-11-7-4-8-12-20/h3-17,22H,1-2H3,(H,25,27)(H,26,28). The molecule has 0 aliphatic rings. The van der Waals surface area contributed by atoms with E-state index in [9.17, 15) is 9.59 Å². The smallest absolute Gasteiger partial charge is 0.269 e. The number of benzene rings is 3. The quantitative estimate of drug-likeness (QED) is 0.652. The lowest BCUT2D eigenvalue weighted by Crippen LogP contribution is -2.44. The monoisotopic (exact) mass is 372 g/mol. The van der Waals surface area contributed by atoms with Crippen LogP contribution in [0.1, 0.15) is 52.7 Å². The molecule has 0 aromatic heterocycles.